The Hall–Kier alpha value is -0.220. The van der Waals surface area contributed by atoms with Crippen LogP contribution in [0, 0.1) is 5.41 Å². The van der Waals surface area contributed by atoms with Crippen molar-refractivity contribution in [3.63, 3.8) is 0 Å². The Morgan fingerprint density at radius 1 is 1.11 bits per heavy atom. The van der Waals surface area contributed by atoms with Crippen LogP contribution in [0.2, 0.25) is 0 Å². The first-order valence-electron chi connectivity index (χ1n) is 7.24. The van der Waals surface area contributed by atoms with E-state index >= 15 is 0 Å². The summed E-state index contributed by atoms with van der Waals surface area (Å²) >= 11 is 0. The minimum absolute atomic E-state index is 0.0534. The van der Waals surface area contributed by atoms with Crippen LogP contribution in [0.3, 0.4) is 0 Å². The average Bonchev–Trinajstić information content (AvgIpc) is 2.27. The molecule has 1 spiro atoms. The van der Waals surface area contributed by atoms with Crippen molar-refractivity contribution < 1.29 is 8.78 Å². The zero-order valence-corrected chi connectivity index (χ0v) is 12.5. The van der Waals surface area contributed by atoms with Gasteiger partial charge in [0, 0.05) is 19.1 Å². The minimum Gasteiger partial charge on any atom is -0.302 e. The molecular weight excluding hydrogens is 234 g/mol. The highest BCUT2D eigenvalue weighted by atomic mass is 19.3. The van der Waals surface area contributed by atoms with Gasteiger partial charge in [0.25, 0.3) is 5.92 Å². The van der Waals surface area contributed by atoms with E-state index in [4.69, 9.17) is 0 Å². The van der Waals surface area contributed by atoms with E-state index in [1.54, 1.807) is 0 Å². The van der Waals surface area contributed by atoms with Crippen LogP contribution < -0.4 is 0 Å². The first-order valence-corrected chi connectivity index (χ1v) is 7.24. The molecule has 0 aromatic carbocycles. The predicted molar refractivity (Wildman–Crippen MR) is 72.2 cm³/mol. The molecule has 18 heavy (non-hydrogen) atoms. The van der Waals surface area contributed by atoms with E-state index in [0.29, 0.717) is 19.5 Å². The van der Waals surface area contributed by atoms with Crippen molar-refractivity contribution in [2.75, 3.05) is 32.7 Å². The third-order valence-electron chi connectivity index (χ3n) is 4.29. The van der Waals surface area contributed by atoms with E-state index in [-0.39, 0.29) is 12.6 Å². The van der Waals surface area contributed by atoms with Gasteiger partial charge in [0.1, 0.15) is 0 Å². The second-order valence-electron chi connectivity index (χ2n) is 5.60. The number of piperidine rings is 1. The Morgan fingerprint density at radius 2 is 1.67 bits per heavy atom. The molecule has 108 valence electrons. The van der Waals surface area contributed by atoms with E-state index in [1.807, 2.05) is 39.5 Å². The van der Waals surface area contributed by atoms with Crippen LogP contribution in [0.1, 0.15) is 41.0 Å². The summed E-state index contributed by atoms with van der Waals surface area (Å²) < 4.78 is 28.3. The monoisotopic (exact) mass is 262 g/mol. The largest absolute Gasteiger partial charge is 0.302 e. The number of hydrogen-bond acceptors (Lipinski definition) is 2. The van der Waals surface area contributed by atoms with Crippen LogP contribution in [0.5, 0.6) is 0 Å². The summed E-state index contributed by atoms with van der Waals surface area (Å²) in [6.45, 7) is 12.9. The van der Waals surface area contributed by atoms with Crippen molar-refractivity contribution in [3.8, 4) is 0 Å². The number of rotatable bonds is 2. The molecule has 4 heteroatoms. The summed E-state index contributed by atoms with van der Waals surface area (Å²) in [6.07, 6.45) is 0.648. The van der Waals surface area contributed by atoms with Gasteiger partial charge >= 0.3 is 0 Å². The van der Waals surface area contributed by atoms with Crippen molar-refractivity contribution >= 4 is 0 Å². The average molecular weight is 262 g/mol. The van der Waals surface area contributed by atoms with Crippen LogP contribution in [-0.2, 0) is 0 Å². The molecule has 2 saturated heterocycles. The molecular formula is C14H28F2N2. The SMILES string of the molecule is CC.CCN1CC2(CCN(C(C)C)CC2(F)F)C1. The molecule has 0 aromatic heterocycles. The molecule has 0 amide bonds. The number of hydrogen-bond donors (Lipinski definition) is 0. The standard InChI is InChI=1S/C12H22F2N2.C2H6/c1-4-15-7-11(8-15)5-6-16(10(2)3)9-12(11,13)14;1-2/h10H,4-9H2,1-3H3;1-2H3. The Bertz CT molecular complexity index is 261. The quantitative estimate of drug-likeness (QED) is 0.754. The molecule has 2 heterocycles. The molecule has 0 saturated carbocycles. The second-order valence-corrected chi connectivity index (χ2v) is 5.60. The summed E-state index contributed by atoms with van der Waals surface area (Å²) in [5.41, 5.74) is -0.714. The lowest BCUT2D eigenvalue weighted by Crippen LogP contribution is -2.70. The van der Waals surface area contributed by atoms with E-state index in [1.165, 1.54) is 0 Å². The van der Waals surface area contributed by atoms with E-state index < -0.39 is 11.3 Å². The fourth-order valence-electron chi connectivity index (χ4n) is 2.91. The highest BCUT2D eigenvalue weighted by molar-refractivity contribution is 5.07. The molecule has 2 aliphatic heterocycles. The number of alkyl halides is 2. The fraction of sp³-hybridized carbons (Fsp3) is 1.00. The lowest BCUT2D eigenvalue weighted by atomic mass is 9.69. The van der Waals surface area contributed by atoms with Gasteiger partial charge in [-0.15, -0.1) is 0 Å². The van der Waals surface area contributed by atoms with Crippen molar-refractivity contribution in [2.24, 2.45) is 5.41 Å². The van der Waals surface area contributed by atoms with Gasteiger partial charge < -0.3 is 4.90 Å². The van der Waals surface area contributed by atoms with Crippen molar-refractivity contribution in [1.82, 2.24) is 9.80 Å². The molecule has 0 atom stereocenters. The molecule has 0 bridgehead atoms. The summed E-state index contributed by atoms with van der Waals surface area (Å²) in [5.74, 6) is -2.51. The molecule has 2 nitrogen and oxygen atoms in total. The molecule has 0 N–H and O–H groups in total. The van der Waals surface area contributed by atoms with Crippen LogP contribution >= 0.6 is 0 Å². The topological polar surface area (TPSA) is 6.48 Å². The molecule has 2 aliphatic rings. The first kappa shape index (κ1) is 15.8. The highest BCUT2D eigenvalue weighted by Gasteiger charge is 2.62. The Balaban J connectivity index is 0.000000771. The first-order chi connectivity index (χ1) is 8.40. The zero-order chi connectivity index (χ0) is 14.0. The van der Waals surface area contributed by atoms with Gasteiger partial charge in [-0.2, -0.15) is 0 Å². The summed E-state index contributed by atoms with van der Waals surface area (Å²) in [7, 11) is 0. The molecule has 2 rings (SSSR count). The van der Waals surface area contributed by atoms with Crippen molar-refractivity contribution in [3.05, 3.63) is 0 Å². The lowest BCUT2D eigenvalue weighted by molar-refractivity contribution is -0.226. The predicted octanol–water partition coefficient (Wildman–Crippen LogP) is 3.08. The zero-order valence-electron chi connectivity index (χ0n) is 12.5. The van der Waals surface area contributed by atoms with Crippen LogP contribution in [-0.4, -0.2) is 54.5 Å². The smallest absolute Gasteiger partial charge is 0.268 e. The van der Waals surface area contributed by atoms with Crippen LogP contribution in [0.4, 0.5) is 8.78 Å². The molecule has 2 fully saturated rings. The summed E-state index contributed by atoms with van der Waals surface area (Å²) in [4.78, 5) is 4.01. The number of nitrogens with zero attached hydrogens (tertiary/aromatic N) is 2. The maximum absolute atomic E-state index is 14.2. The van der Waals surface area contributed by atoms with E-state index in [9.17, 15) is 8.78 Å². The number of likely N-dealkylation sites (tertiary alicyclic amines) is 2. The maximum Gasteiger partial charge on any atom is 0.268 e. The highest BCUT2D eigenvalue weighted by Crippen LogP contribution is 2.50. The fourth-order valence-corrected chi connectivity index (χ4v) is 2.91. The Morgan fingerprint density at radius 3 is 2.06 bits per heavy atom. The summed E-state index contributed by atoms with van der Waals surface area (Å²) in [6, 6.07) is 0.227. The minimum atomic E-state index is -2.51. The molecule has 0 radical (unpaired) electrons. The number of halogens is 2. The van der Waals surface area contributed by atoms with Crippen molar-refractivity contribution in [2.45, 2.75) is 53.0 Å². The van der Waals surface area contributed by atoms with E-state index in [2.05, 4.69) is 4.90 Å². The molecule has 0 unspecified atom stereocenters. The Labute approximate surface area is 110 Å². The van der Waals surface area contributed by atoms with Crippen LogP contribution in [0.25, 0.3) is 0 Å². The Kier molecular flexibility index (Phi) is 5.13. The summed E-state index contributed by atoms with van der Waals surface area (Å²) in [5, 5.41) is 0. The van der Waals surface area contributed by atoms with Gasteiger partial charge in [-0.1, -0.05) is 20.8 Å². The maximum atomic E-state index is 14.2. The van der Waals surface area contributed by atoms with Gasteiger partial charge in [0.2, 0.25) is 0 Å². The van der Waals surface area contributed by atoms with Gasteiger partial charge in [-0.05, 0) is 33.4 Å². The second kappa shape index (κ2) is 5.83. The van der Waals surface area contributed by atoms with Crippen LogP contribution in [0.15, 0.2) is 0 Å². The van der Waals surface area contributed by atoms with E-state index in [0.717, 1.165) is 13.1 Å². The molecule has 0 aliphatic carbocycles. The molecule has 0 aromatic rings. The van der Waals surface area contributed by atoms with Gasteiger partial charge in [-0.3, -0.25) is 4.90 Å². The third kappa shape index (κ3) is 2.69. The lowest BCUT2D eigenvalue weighted by Gasteiger charge is -2.58. The van der Waals surface area contributed by atoms with Gasteiger partial charge in [0.05, 0.1) is 12.0 Å². The van der Waals surface area contributed by atoms with Crippen molar-refractivity contribution in [1.29, 1.82) is 0 Å². The van der Waals surface area contributed by atoms with Gasteiger partial charge in [-0.25, -0.2) is 8.78 Å². The van der Waals surface area contributed by atoms with Gasteiger partial charge in [0.15, 0.2) is 0 Å². The normalized spacial score (nSPS) is 26.7. The third-order valence-corrected chi connectivity index (χ3v) is 4.29.